The second kappa shape index (κ2) is 5.55. The summed E-state index contributed by atoms with van der Waals surface area (Å²) in [5.74, 6) is 0. The number of halogens is 3. The summed E-state index contributed by atoms with van der Waals surface area (Å²) in [6.07, 6.45) is 0. The number of hydrogen-bond donors (Lipinski definition) is 0. The second-order valence-electron chi connectivity index (χ2n) is 3.93. The summed E-state index contributed by atoms with van der Waals surface area (Å²) in [4.78, 5) is 2.98. The van der Waals surface area contributed by atoms with Crippen molar-refractivity contribution in [2.75, 3.05) is 0 Å². The van der Waals surface area contributed by atoms with E-state index in [2.05, 4.69) is 85.9 Å². The molecule has 4 heteroatoms. The number of thiophene rings is 1. The van der Waals surface area contributed by atoms with Gasteiger partial charge in [-0.05, 0) is 49.2 Å². The summed E-state index contributed by atoms with van der Waals surface area (Å²) in [6, 6.07) is 8.61. The molecule has 0 saturated carbocycles. The van der Waals surface area contributed by atoms with E-state index in [0.717, 1.165) is 8.95 Å². The van der Waals surface area contributed by atoms with Crippen molar-refractivity contribution in [1.29, 1.82) is 0 Å². The van der Waals surface area contributed by atoms with Crippen molar-refractivity contribution in [2.24, 2.45) is 0 Å². The Hall–Kier alpha value is 0.360. The summed E-state index contributed by atoms with van der Waals surface area (Å²) in [7, 11) is 0. The first-order valence-electron chi connectivity index (χ1n) is 5.14. The number of benzene rings is 1. The molecule has 1 aromatic carbocycles. The van der Waals surface area contributed by atoms with Crippen molar-refractivity contribution in [3.63, 3.8) is 0 Å². The molecular formula is C13H11Br3S. The lowest BCUT2D eigenvalue weighted by Gasteiger charge is -2.11. The minimum atomic E-state index is 0.251. The third-order valence-electron chi connectivity index (χ3n) is 2.53. The fourth-order valence-corrected chi connectivity index (χ4v) is 4.99. The summed E-state index contributed by atoms with van der Waals surface area (Å²) in [6.45, 7) is 4.33. The van der Waals surface area contributed by atoms with Crippen molar-refractivity contribution in [1.82, 2.24) is 0 Å². The van der Waals surface area contributed by atoms with Crippen LogP contribution >= 0.6 is 59.1 Å². The molecule has 0 radical (unpaired) electrons. The maximum atomic E-state index is 3.79. The summed E-state index contributed by atoms with van der Waals surface area (Å²) in [5, 5.41) is 0. The summed E-state index contributed by atoms with van der Waals surface area (Å²) < 4.78 is 2.19. The maximum absolute atomic E-state index is 3.79. The molecule has 0 bridgehead atoms. The van der Waals surface area contributed by atoms with Crippen molar-refractivity contribution in [3.8, 4) is 0 Å². The molecule has 0 amide bonds. The van der Waals surface area contributed by atoms with Gasteiger partial charge in [0.05, 0.1) is 4.83 Å². The van der Waals surface area contributed by atoms with Crippen molar-refractivity contribution < 1.29 is 0 Å². The normalized spacial score (nSPS) is 12.8. The Bertz CT molecular complexity index is 525. The molecule has 1 aromatic heterocycles. The van der Waals surface area contributed by atoms with E-state index in [1.165, 1.54) is 20.9 Å². The highest BCUT2D eigenvalue weighted by Gasteiger charge is 2.15. The van der Waals surface area contributed by atoms with Gasteiger partial charge in [0.2, 0.25) is 0 Å². The van der Waals surface area contributed by atoms with Gasteiger partial charge in [0, 0.05) is 18.7 Å². The molecule has 0 aliphatic rings. The number of hydrogen-bond acceptors (Lipinski definition) is 1. The third-order valence-corrected chi connectivity index (χ3v) is 5.45. The first kappa shape index (κ1) is 13.8. The van der Waals surface area contributed by atoms with Gasteiger partial charge >= 0.3 is 0 Å². The van der Waals surface area contributed by atoms with E-state index in [4.69, 9.17) is 0 Å². The minimum Gasteiger partial charge on any atom is -0.146 e. The van der Waals surface area contributed by atoms with Crippen LogP contribution in [0.3, 0.4) is 0 Å². The van der Waals surface area contributed by atoms with Crippen LogP contribution in [0.15, 0.2) is 33.2 Å². The van der Waals surface area contributed by atoms with Crippen LogP contribution < -0.4 is 0 Å². The minimum absolute atomic E-state index is 0.251. The van der Waals surface area contributed by atoms with E-state index >= 15 is 0 Å². The highest BCUT2D eigenvalue weighted by Crippen LogP contribution is 2.38. The molecule has 0 aliphatic carbocycles. The average molecular weight is 439 g/mol. The molecule has 17 heavy (non-hydrogen) atoms. The smallest absolute Gasteiger partial charge is 0.0656 e. The second-order valence-corrected chi connectivity index (χ2v) is 8.14. The molecule has 0 spiro atoms. The van der Waals surface area contributed by atoms with E-state index < -0.39 is 0 Å². The van der Waals surface area contributed by atoms with Crippen molar-refractivity contribution in [3.05, 3.63) is 54.1 Å². The number of alkyl halides is 1. The van der Waals surface area contributed by atoms with Crippen LogP contribution in [-0.2, 0) is 0 Å². The molecule has 0 nitrogen and oxygen atoms in total. The van der Waals surface area contributed by atoms with Crippen LogP contribution in [0.5, 0.6) is 0 Å². The molecule has 0 fully saturated rings. The Labute approximate surface area is 131 Å². The van der Waals surface area contributed by atoms with Gasteiger partial charge in [-0.15, -0.1) is 11.3 Å². The molecule has 2 rings (SSSR count). The number of rotatable bonds is 2. The van der Waals surface area contributed by atoms with E-state index in [9.17, 15) is 0 Å². The maximum Gasteiger partial charge on any atom is 0.0656 e. The Balaban J connectivity index is 2.43. The molecule has 1 heterocycles. The highest BCUT2D eigenvalue weighted by atomic mass is 79.9. The van der Waals surface area contributed by atoms with Gasteiger partial charge < -0.3 is 0 Å². The van der Waals surface area contributed by atoms with Gasteiger partial charge in [-0.1, -0.05) is 47.8 Å². The molecule has 2 aromatic rings. The molecule has 0 N–H and O–H groups in total. The summed E-state index contributed by atoms with van der Waals surface area (Å²) in [5.41, 5.74) is 2.62. The largest absolute Gasteiger partial charge is 0.146 e. The Kier molecular flexibility index (Phi) is 4.50. The average Bonchev–Trinajstić information content (AvgIpc) is 2.55. The van der Waals surface area contributed by atoms with Gasteiger partial charge in [0.1, 0.15) is 0 Å². The van der Waals surface area contributed by atoms with Crippen LogP contribution in [-0.4, -0.2) is 0 Å². The Morgan fingerprint density at radius 2 is 1.59 bits per heavy atom. The fraction of sp³-hybridized carbons (Fsp3) is 0.231. The highest BCUT2D eigenvalue weighted by molar-refractivity contribution is 9.11. The van der Waals surface area contributed by atoms with E-state index in [1.54, 1.807) is 0 Å². The predicted octanol–water partition coefficient (Wildman–Crippen LogP) is 6.37. The van der Waals surface area contributed by atoms with Gasteiger partial charge in [-0.2, -0.15) is 0 Å². The van der Waals surface area contributed by atoms with Gasteiger partial charge in [-0.25, -0.2) is 0 Å². The van der Waals surface area contributed by atoms with Crippen LogP contribution in [0.25, 0.3) is 0 Å². The Morgan fingerprint density at radius 3 is 2.06 bits per heavy atom. The monoisotopic (exact) mass is 436 g/mol. The van der Waals surface area contributed by atoms with Crippen LogP contribution in [0.1, 0.15) is 25.7 Å². The van der Waals surface area contributed by atoms with Crippen LogP contribution in [0, 0.1) is 13.8 Å². The first-order valence-corrected chi connectivity index (χ1v) is 8.46. The molecule has 0 saturated heterocycles. The zero-order valence-electron chi connectivity index (χ0n) is 9.43. The van der Waals surface area contributed by atoms with Gasteiger partial charge in [0.25, 0.3) is 0 Å². The van der Waals surface area contributed by atoms with E-state index in [1.807, 2.05) is 11.3 Å². The van der Waals surface area contributed by atoms with Crippen LogP contribution in [0.4, 0.5) is 0 Å². The molecule has 1 unspecified atom stereocenters. The zero-order valence-corrected chi connectivity index (χ0v) is 15.0. The molecular weight excluding hydrogens is 428 g/mol. The standard InChI is InChI=1S/C13H11Br3S/c1-7-3-12(8(2)17-7)13(16)9-4-10(14)6-11(15)5-9/h3-6,13H,1-2H3. The summed E-state index contributed by atoms with van der Waals surface area (Å²) >= 11 is 12.7. The van der Waals surface area contributed by atoms with Gasteiger partial charge in [0.15, 0.2) is 0 Å². The van der Waals surface area contributed by atoms with Crippen molar-refractivity contribution in [2.45, 2.75) is 18.7 Å². The lowest BCUT2D eigenvalue weighted by Crippen LogP contribution is -1.93. The van der Waals surface area contributed by atoms with E-state index in [0.29, 0.717) is 0 Å². The lowest BCUT2D eigenvalue weighted by molar-refractivity contribution is 1.16. The Morgan fingerprint density at radius 1 is 1.00 bits per heavy atom. The molecule has 1 atom stereocenters. The quantitative estimate of drug-likeness (QED) is 0.477. The lowest BCUT2D eigenvalue weighted by atomic mass is 10.1. The van der Waals surface area contributed by atoms with Crippen LogP contribution in [0.2, 0.25) is 0 Å². The zero-order chi connectivity index (χ0) is 12.6. The van der Waals surface area contributed by atoms with Gasteiger partial charge in [-0.3, -0.25) is 0 Å². The van der Waals surface area contributed by atoms with Crippen molar-refractivity contribution >= 4 is 59.1 Å². The fourth-order valence-electron chi connectivity index (χ4n) is 1.80. The topological polar surface area (TPSA) is 0 Å². The molecule has 90 valence electrons. The molecule has 0 aliphatic heterocycles. The third kappa shape index (κ3) is 3.22. The predicted molar refractivity (Wildman–Crippen MR) is 86.4 cm³/mol. The number of aryl methyl sites for hydroxylation is 2. The SMILES string of the molecule is Cc1cc(C(Br)c2cc(Br)cc(Br)c2)c(C)s1. The van der Waals surface area contributed by atoms with E-state index in [-0.39, 0.29) is 4.83 Å². The first-order chi connectivity index (χ1) is 7.97.